The van der Waals surface area contributed by atoms with Gasteiger partial charge in [-0.1, -0.05) is 12.1 Å². The summed E-state index contributed by atoms with van der Waals surface area (Å²) < 4.78 is 36.5. The largest absolute Gasteiger partial charge is 0.453 e. The van der Waals surface area contributed by atoms with E-state index in [2.05, 4.69) is 5.32 Å². The number of hydrogen-bond acceptors (Lipinski definition) is 5. The van der Waals surface area contributed by atoms with E-state index in [0.717, 1.165) is 12.1 Å². The fourth-order valence-electron chi connectivity index (χ4n) is 2.33. The van der Waals surface area contributed by atoms with Gasteiger partial charge in [-0.15, -0.1) is 0 Å². The highest BCUT2D eigenvalue weighted by Gasteiger charge is 2.13. The summed E-state index contributed by atoms with van der Waals surface area (Å²) in [7, 11) is 0. The lowest BCUT2D eigenvalue weighted by atomic mass is 10.1. The van der Waals surface area contributed by atoms with E-state index in [4.69, 9.17) is 9.15 Å². The van der Waals surface area contributed by atoms with Crippen molar-refractivity contribution in [2.45, 2.75) is 0 Å². The molecule has 28 heavy (non-hydrogen) atoms. The number of carbonyl (C=O) groups is 3. The van der Waals surface area contributed by atoms with Crippen molar-refractivity contribution in [1.29, 1.82) is 0 Å². The van der Waals surface area contributed by atoms with Crippen LogP contribution in [0.2, 0.25) is 0 Å². The van der Waals surface area contributed by atoms with Crippen LogP contribution in [0.25, 0.3) is 11.3 Å². The standard InChI is InChI=1S/C20H13F2NO5/c21-14-5-7-17(16(22)9-14)23-19(25)11-27-20(26)13-3-1-12(2-4-13)18-8-6-15(10-24)28-18/h1-10H,11H2,(H,23,25). The molecule has 6 nitrogen and oxygen atoms in total. The Hall–Kier alpha value is -3.81. The smallest absolute Gasteiger partial charge is 0.338 e. The summed E-state index contributed by atoms with van der Waals surface area (Å²) >= 11 is 0. The van der Waals surface area contributed by atoms with Crippen LogP contribution in [-0.2, 0) is 9.53 Å². The van der Waals surface area contributed by atoms with Crippen molar-refractivity contribution in [3.8, 4) is 11.3 Å². The number of benzene rings is 2. The molecule has 0 aliphatic heterocycles. The summed E-state index contributed by atoms with van der Waals surface area (Å²) in [6.07, 6.45) is 0.581. The van der Waals surface area contributed by atoms with Crippen molar-refractivity contribution in [3.05, 3.63) is 77.6 Å². The van der Waals surface area contributed by atoms with Crippen LogP contribution in [0.15, 0.2) is 59.0 Å². The molecule has 0 aliphatic carbocycles. The van der Waals surface area contributed by atoms with Crippen molar-refractivity contribution >= 4 is 23.9 Å². The highest BCUT2D eigenvalue weighted by Crippen LogP contribution is 2.22. The average Bonchev–Trinajstić information content (AvgIpc) is 3.18. The van der Waals surface area contributed by atoms with Gasteiger partial charge >= 0.3 is 5.97 Å². The average molecular weight is 385 g/mol. The maximum atomic E-state index is 13.5. The first-order valence-corrected chi connectivity index (χ1v) is 8.04. The molecule has 0 unspecified atom stereocenters. The van der Waals surface area contributed by atoms with E-state index in [9.17, 15) is 23.2 Å². The van der Waals surface area contributed by atoms with Crippen LogP contribution in [0.4, 0.5) is 14.5 Å². The molecule has 142 valence electrons. The first-order chi connectivity index (χ1) is 13.5. The number of ether oxygens (including phenoxy) is 1. The second-order valence-electron chi connectivity index (χ2n) is 5.65. The molecule has 2 aromatic carbocycles. The van der Waals surface area contributed by atoms with Gasteiger partial charge in [-0.25, -0.2) is 13.6 Å². The summed E-state index contributed by atoms with van der Waals surface area (Å²) in [6, 6.07) is 12.0. The number of hydrogen-bond donors (Lipinski definition) is 1. The van der Waals surface area contributed by atoms with E-state index in [1.165, 1.54) is 18.2 Å². The van der Waals surface area contributed by atoms with E-state index in [1.54, 1.807) is 18.2 Å². The Balaban J connectivity index is 1.57. The van der Waals surface area contributed by atoms with Gasteiger partial charge in [0.25, 0.3) is 5.91 Å². The van der Waals surface area contributed by atoms with Crippen LogP contribution >= 0.6 is 0 Å². The fourth-order valence-corrected chi connectivity index (χ4v) is 2.33. The predicted octanol–water partition coefficient (Wildman–Crippen LogP) is 3.83. The molecule has 0 spiro atoms. The molecule has 0 saturated heterocycles. The van der Waals surface area contributed by atoms with Gasteiger partial charge in [0.1, 0.15) is 17.4 Å². The highest BCUT2D eigenvalue weighted by molar-refractivity contribution is 5.95. The van der Waals surface area contributed by atoms with E-state index < -0.39 is 30.1 Å². The summed E-state index contributed by atoms with van der Waals surface area (Å²) in [5.41, 5.74) is 0.612. The van der Waals surface area contributed by atoms with Gasteiger partial charge in [-0.3, -0.25) is 9.59 Å². The number of carbonyl (C=O) groups excluding carboxylic acids is 3. The number of aldehydes is 1. The number of nitrogens with one attached hydrogen (secondary N) is 1. The van der Waals surface area contributed by atoms with Crippen LogP contribution in [0.5, 0.6) is 0 Å². The lowest BCUT2D eigenvalue weighted by Gasteiger charge is -2.08. The van der Waals surface area contributed by atoms with E-state index in [1.807, 2.05) is 0 Å². The SMILES string of the molecule is O=Cc1ccc(-c2ccc(C(=O)OCC(=O)Nc3ccc(F)cc3F)cc2)o1. The molecule has 0 saturated carbocycles. The van der Waals surface area contributed by atoms with E-state index in [0.29, 0.717) is 23.7 Å². The number of esters is 1. The molecule has 3 aromatic rings. The maximum absolute atomic E-state index is 13.5. The zero-order chi connectivity index (χ0) is 20.1. The minimum atomic E-state index is -0.939. The maximum Gasteiger partial charge on any atom is 0.338 e. The third-order valence-electron chi connectivity index (χ3n) is 3.69. The Labute approximate surface area is 157 Å². The summed E-state index contributed by atoms with van der Waals surface area (Å²) in [6.45, 7) is -0.641. The highest BCUT2D eigenvalue weighted by atomic mass is 19.1. The molecule has 1 heterocycles. The zero-order valence-corrected chi connectivity index (χ0v) is 14.3. The number of furan rings is 1. The van der Waals surface area contributed by atoms with E-state index in [-0.39, 0.29) is 17.0 Å². The topological polar surface area (TPSA) is 85.6 Å². The monoisotopic (exact) mass is 385 g/mol. The summed E-state index contributed by atoms with van der Waals surface area (Å²) in [5.74, 6) is -2.60. The molecule has 0 fully saturated rings. The molecule has 0 bridgehead atoms. The van der Waals surface area contributed by atoms with E-state index >= 15 is 0 Å². The minimum absolute atomic E-state index is 0.182. The van der Waals surface area contributed by atoms with Crippen molar-refractivity contribution in [3.63, 3.8) is 0 Å². The van der Waals surface area contributed by atoms with Crippen molar-refractivity contribution in [2.24, 2.45) is 0 Å². The second-order valence-corrected chi connectivity index (χ2v) is 5.65. The van der Waals surface area contributed by atoms with Gasteiger partial charge < -0.3 is 14.5 Å². The number of anilines is 1. The summed E-state index contributed by atoms with van der Waals surface area (Å²) in [5, 5.41) is 2.18. The lowest BCUT2D eigenvalue weighted by molar-refractivity contribution is -0.119. The molecule has 8 heteroatoms. The first kappa shape index (κ1) is 19.0. The first-order valence-electron chi connectivity index (χ1n) is 8.04. The molecule has 0 radical (unpaired) electrons. The Kier molecular flexibility index (Phi) is 5.59. The van der Waals surface area contributed by atoms with Gasteiger partial charge in [0, 0.05) is 11.6 Å². The van der Waals surface area contributed by atoms with Crippen molar-refractivity contribution < 1.29 is 32.3 Å². The zero-order valence-electron chi connectivity index (χ0n) is 14.3. The Bertz CT molecular complexity index is 1030. The molecule has 1 amide bonds. The van der Waals surface area contributed by atoms with Crippen LogP contribution in [0.3, 0.4) is 0 Å². The Morgan fingerprint density at radius 1 is 1.04 bits per heavy atom. The van der Waals surface area contributed by atoms with Gasteiger partial charge in [-0.05, 0) is 36.4 Å². The minimum Gasteiger partial charge on any atom is -0.453 e. The molecule has 1 aromatic heterocycles. The van der Waals surface area contributed by atoms with Gasteiger partial charge in [0.05, 0.1) is 11.3 Å². The number of amides is 1. The lowest BCUT2D eigenvalue weighted by Crippen LogP contribution is -2.21. The molecule has 0 atom stereocenters. The number of rotatable bonds is 6. The van der Waals surface area contributed by atoms with Crippen LogP contribution < -0.4 is 5.32 Å². The third kappa shape index (κ3) is 4.47. The van der Waals surface area contributed by atoms with Crippen molar-refractivity contribution in [1.82, 2.24) is 0 Å². The second kappa shape index (κ2) is 8.26. The van der Waals surface area contributed by atoms with Crippen LogP contribution in [0, 0.1) is 11.6 Å². The molecular formula is C20H13F2NO5. The van der Waals surface area contributed by atoms with Crippen LogP contribution in [0.1, 0.15) is 20.9 Å². The fraction of sp³-hybridized carbons (Fsp3) is 0.0500. The summed E-state index contributed by atoms with van der Waals surface area (Å²) in [4.78, 5) is 34.4. The Morgan fingerprint density at radius 3 is 2.43 bits per heavy atom. The normalized spacial score (nSPS) is 10.4. The quantitative estimate of drug-likeness (QED) is 0.515. The molecule has 0 aliphatic rings. The molecule has 1 N–H and O–H groups in total. The van der Waals surface area contributed by atoms with Gasteiger partial charge in [0.15, 0.2) is 18.7 Å². The molecular weight excluding hydrogens is 372 g/mol. The number of halogens is 2. The predicted molar refractivity (Wildman–Crippen MR) is 94.8 cm³/mol. The van der Waals surface area contributed by atoms with Gasteiger partial charge in [0.2, 0.25) is 0 Å². The van der Waals surface area contributed by atoms with Gasteiger partial charge in [-0.2, -0.15) is 0 Å². The van der Waals surface area contributed by atoms with Crippen LogP contribution in [-0.4, -0.2) is 24.8 Å². The Morgan fingerprint density at radius 2 is 1.79 bits per heavy atom. The third-order valence-corrected chi connectivity index (χ3v) is 3.69. The molecule has 3 rings (SSSR count). The van der Waals surface area contributed by atoms with Crippen molar-refractivity contribution in [2.75, 3.05) is 11.9 Å².